The molecule has 0 saturated carbocycles. The molecule has 1 saturated heterocycles. The number of nitrogens with two attached hydrogens (primary N) is 1. The van der Waals surface area contributed by atoms with Gasteiger partial charge in [0.1, 0.15) is 0 Å². The van der Waals surface area contributed by atoms with Crippen molar-refractivity contribution in [1.29, 1.82) is 0 Å². The Morgan fingerprint density at radius 3 is 2.56 bits per heavy atom. The summed E-state index contributed by atoms with van der Waals surface area (Å²) in [6.07, 6.45) is 1.41. The van der Waals surface area contributed by atoms with Crippen molar-refractivity contribution in [2.75, 3.05) is 29.1 Å². The van der Waals surface area contributed by atoms with Gasteiger partial charge in [-0.05, 0) is 48.9 Å². The van der Waals surface area contributed by atoms with E-state index in [2.05, 4.69) is 5.32 Å². The highest BCUT2D eigenvalue weighted by Crippen LogP contribution is 2.23. The minimum absolute atomic E-state index is 0.0974. The first-order valence-corrected chi connectivity index (χ1v) is 8.74. The standard InChI is InChI=1S/C19H18ClN3O4/c20-12-3-8-15(16(21)10-12)19(26)27-11-17(24)22-13-4-6-14(7-5-13)23-9-1-2-18(23)25/h3-8,10H,1-2,9,11,21H2,(H,22,24). The van der Waals surface area contributed by atoms with Gasteiger partial charge in [0.05, 0.1) is 5.56 Å². The largest absolute Gasteiger partial charge is 0.452 e. The van der Waals surface area contributed by atoms with Crippen molar-refractivity contribution in [1.82, 2.24) is 0 Å². The zero-order valence-electron chi connectivity index (χ0n) is 14.4. The second kappa shape index (κ2) is 8.09. The number of nitrogens with zero attached hydrogens (tertiary/aromatic N) is 1. The first-order chi connectivity index (χ1) is 12.9. The highest BCUT2D eigenvalue weighted by molar-refractivity contribution is 6.31. The van der Waals surface area contributed by atoms with E-state index in [1.165, 1.54) is 18.2 Å². The van der Waals surface area contributed by atoms with Gasteiger partial charge in [-0.25, -0.2) is 4.79 Å². The summed E-state index contributed by atoms with van der Waals surface area (Å²) < 4.78 is 4.97. The Morgan fingerprint density at radius 2 is 1.93 bits per heavy atom. The normalized spacial score (nSPS) is 13.5. The molecule has 2 aromatic carbocycles. The van der Waals surface area contributed by atoms with Gasteiger partial charge < -0.3 is 20.7 Å². The number of anilines is 3. The van der Waals surface area contributed by atoms with Crippen LogP contribution in [0.1, 0.15) is 23.2 Å². The maximum absolute atomic E-state index is 12.0. The van der Waals surface area contributed by atoms with E-state index in [-0.39, 0.29) is 17.2 Å². The smallest absolute Gasteiger partial charge is 0.340 e. The molecule has 27 heavy (non-hydrogen) atoms. The molecule has 1 heterocycles. The zero-order chi connectivity index (χ0) is 19.4. The third-order valence-electron chi connectivity index (χ3n) is 4.10. The second-order valence-corrected chi connectivity index (χ2v) is 6.49. The molecule has 7 nitrogen and oxygen atoms in total. The third kappa shape index (κ3) is 4.57. The van der Waals surface area contributed by atoms with Crippen LogP contribution in [0.15, 0.2) is 42.5 Å². The van der Waals surface area contributed by atoms with Gasteiger partial charge in [0.15, 0.2) is 6.61 Å². The van der Waals surface area contributed by atoms with E-state index in [1.54, 1.807) is 29.2 Å². The molecule has 2 aromatic rings. The molecular weight excluding hydrogens is 370 g/mol. The van der Waals surface area contributed by atoms with Crippen LogP contribution in [0.3, 0.4) is 0 Å². The SMILES string of the molecule is Nc1cc(Cl)ccc1C(=O)OCC(=O)Nc1ccc(N2CCCC2=O)cc1. The van der Waals surface area contributed by atoms with Gasteiger partial charge in [-0.3, -0.25) is 9.59 Å². The average Bonchev–Trinajstić information content (AvgIpc) is 3.06. The number of ether oxygens (including phenoxy) is 1. The molecule has 8 heteroatoms. The van der Waals surface area contributed by atoms with E-state index in [0.29, 0.717) is 23.7 Å². The number of esters is 1. The Bertz CT molecular complexity index is 883. The lowest BCUT2D eigenvalue weighted by Gasteiger charge is -2.16. The number of carbonyl (C=O) groups excluding carboxylic acids is 3. The molecule has 1 fully saturated rings. The minimum atomic E-state index is -0.706. The van der Waals surface area contributed by atoms with Crippen molar-refractivity contribution in [3.05, 3.63) is 53.1 Å². The molecule has 0 aromatic heterocycles. The van der Waals surface area contributed by atoms with E-state index in [0.717, 1.165) is 12.1 Å². The molecule has 0 aliphatic carbocycles. The molecular formula is C19H18ClN3O4. The maximum Gasteiger partial charge on any atom is 0.340 e. The van der Waals surface area contributed by atoms with Gasteiger partial charge in [0, 0.05) is 35.1 Å². The van der Waals surface area contributed by atoms with Crippen molar-refractivity contribution in [3.8, 4) is 0 Å². The number of halogens is 1. The first-order valence-electron chi connectivity index (χ1n) is 8.36. The third-order valence-corrected chi connectivity index (χ3v) is 4.34. The number of hydrogen-bond acceptors (Lipinski definition) is 5. The van der Waals surface area contributed by atoms with Crippen molar-refractivity contribution < 1.29 is 19.1 Å². The van der Waals surface area contributed by atoms with Crippen LogP contribution in [0.5, 0.6) is 0 Å². The molecule has 3 N–H and O–H groups in total. The van der Waals surface area contributed by atoms with Gasteiger partial charge in [0.25, 0.3) is 5.91 Å². The Kier molecular flexibility index (Phi) is 5.61. The maximum atomic E-state index is 12.0. The predicted octanol–water partition coefficient (Wildman–Crippen LogP) is 2.84. The summed E-state index contributed by atoms with van der Waals surface area (Å²) in [6, 6.07) is 11.3. The summed E-state index contributed by atoms with van der Waals surface area (Å²) in [6.45, 7) is 0.252. The first kappa shape index (κ1) is 18.7. The molecule has 1 aliphatic rings. The number of benzene rings is 2. The average molecular weight is 388 g/mol. The van der Waals surface area contributed by atoms with Crippen LogP contribution in [0.4, 0.5) is 17.1 Å². The topological polar surface area (TPSA) is 102 Å². The van der Waals surface area contributed by atoms with Crippen LogP contribution in [0, 0.1) is 0 Å². The lowest BCUT2D eigenvalue weighted by Crippen LogP contribution is -2.24. The van der Waals surface area contributed by atoms with Gasteiger partial charge in [-0.2, -0.15) is 0 Å². The molecule has 0 radical (unpaired) electrons. The monoisotopic (exact) mass is 387 g/mol. The second-order valence-electron chi connectivity index (χ2n) is 6.05. The fourth-order valence-corrected chi connectivity index (χ4v) is 2.95. The summed E-state index contributed by atoms with van der Waals surface area (Å²) >= 11 is 5.78. The number of rotatable bonds is 5. The molecule has 0 atom stereocenters. The Morgan fingerprint density at radius 1 is 1.19 bits per heavy atom. The predicted molar refractivity (Wildman–Crippen MR) is 103 cm³/mol. The summed E-state index contributed by atoms with van der Waals surface area (Å²) in [5.74, 6) is -1.09. The molecule has 2 amide bonds. The number of nitrogen functional groups attached to an aromatic ring is 1. The number of nitrogens with one attached hydrogen (secondary N) is 1. The minimum Gasteiger partial charge on any atom is -0.452 e. The van der Waals surface area contributed by atoms with Crippen molar-refractivity contribution in [2.24, 2.45) is 0 Å². The summed E-state index contributed by atoms with van der Waals surface area (Å²) in [5, 5.41) is 3.03. The van der Waals surface area contributed by atoms with E-state index < -0.39 is 18.5 Å². The Hall–Kier alpha value is -3.06. The molecule has 1 aliphatic heterocycles. The van der Waals surface area contributed by atoms with Crippen LogP contribution in [0.2, 0.25) is 5.02 Å². The van der Waals surface area contributed by atoms with E-state index in [4.69, 9.17) is 22.1 Å². The summed E-state index contributed by atoms with van der Waals surface area (Å²) in [5.41, 5.74) is 7.37. The quantitative estimate of drug-likeness (QED) is 0.606. The molecule has 0 unspecified atom stereocenters. The lowest BCUT2D eigenvalue weighted by molar-refractivity contribution is -0.119. The molecule has 0 bridgehead atoms. The van der Waals surface area contributed by atoms with E-state index in [1.807, 2.05) is 0 Å². The zero-order valence-corrected chi connectivity index (χ0v) is 15.2. The number of hydrogen-bond donors (Lipinski definition) is 2. The lowest BCUT2D eigenvalue weighted by atomic mass is 10.2. The van der Waals surface area contributed by atoms with Crippen molar-refractivity contribution in [3.63, 3.8) is 0 Å². The van der Waals surface area contributed by atoms with E-state index in [9.17, 15) is 14.4 Å². The fourth-order valence-electron chi connectivity index (χ4n) is 2.77. The van der Waals surface area contributed by atoms with Crippen molar-refractivity contribution in [2.45, 2.75) is 12.8 Å². The highest BCUT2D eigenvalue weighted by Gasteiger charge is 2.21. The van der Waals surface area contributed by atoms with Gasteiger partial charge in [0.2, 0.25) is 5.91 Å². The Balaban J connectivity index is 1.53. The highest BCUT2D eigenvalue weighted by atomic mass is 35.5. The van der Waals surface area contributed by atoms with Crippen molar-refractivity contribution >= 4 is 46.4 Å². The van der Waals surface area contributed by atoms with E-state index >= 15 is 0 Å². The van der Waals surface area contributed by atoms with Crippen LogP contribution < -0.4 is 16.0 Å². The number of carbonyl (C=O) groups is 3. The van der Waals surface area contributed by atoms with Gasteiger partial charge in [-0.1, -0.05) is 11.6 Å². The molecule has 0 spiro atoms. The molecule has 140 valence electrons. The van der Waals surface area contributed by atoms with Crippen LogP contribution in [-0.2, 0) is 14.3 Å². The van der Waals surface area contributed by atoms with Gasteiger partial charge in [-0.15, -0.1) is 0 Å². The Labute approximate surface area is 161 Å². The summed E-state index contributed by atoms with van der Waals surface area (Å²) in [4.78, 5) is 37.4. The molecule has 3 rings (SSSR count). The van der Waals surface area contributed by atoms with Gasteiger partial charge >= 0.3 is 5.97 Å². The van der Waals surface area contributed by atoms with Crippen LogP contribution in [-0.4, -0.2) is 30.9 Å². The summed E-state index contributed by atoms with van der Waals surface area (Å²) in [7, 11) is 0. The van der Waals surface area contributed by atoms with Crippen LogP contribution in [0.25, 0.3) is 0 Å². The number of amides is 2. The van der Waals surface area contributed by atoms with Crippen LogP contribution >= 0.6 is 11.6 Å². The fraction of sp³-hybridized carbons (Fsp3) is 0.211.